The zero-order valence-electron chi connectivity index (χ0n) is 19.5. The summed E-state index contributed by atoms with van der Waals surface area (Å²) in [5.41, 5.74) is 7.91. The Labute approximate surface area is 204 Å². The standard InChI is InChI=1S/C27H29N5OS/c1-3-31(4-2)23-16-14-21(15-17-23)18-28-30-26(33)20-34-27-29-24-12-8-9-13-25(24)32(27)19-22-10-6-5-7-11-22/h5-18H,3-4,19-20H2,1-2H3,(H,30,33)/b28-18+. The van der Waals surface area contributed by atoms with Crippen LogP contribution in [0.3, 0.4) is 0 Å². The predicted molar refractivity (Wildman–Crippen MR) is 142 cm³/mol. The molecule has 4 aromatic rings. The number of rotatable bonds is 10. The highest BCUT2D eigenvalue weighted by Crippen LogP contribution is 2.25. The van der Waals surface area contributed by atoms with Crippen LogP contribution in [-0.2, 0) is 11.3 Å². The van der Waals surface area contributed by atoms with E-state index in [1.165, 1.54) is 23.0 Å². The molecular weight excluding hydrogens is 442 g/mol. The lowest BCUT2D eigenvalue weighted by Gasteiger charge is -2.20. The van der Waals surface area contributed by atoms with Gasteiger partial charge in [0.15, 0.2) is 5.16 Å². The summed E-state index contributed by atoms with van der Waals surface area (Å²) in [6, 6.07) is 26.5. The Morgan fingerprint density at radius 1 is 1.00 bits per heavy atom. The highest BCUT2D eigenvalue weighted by Gasteiger charge is 2.13. The molecule has 6 nitrogen and oxygen atoms in total. The van der Waals surface area contributed by atoms with Gasteiger partial charge in [0.2, 0.25) is 0 Å². The molecule has 1 amide bonds. The van der Waals surface area contributed by atoms with E-state index in [4.69, 9.17) is 4.98 Å². The van der Waals surface area contributed by atoms with Crippen LogP contribution in [0, 0.1) is 0 Å². The highest BCUT2D eigenvalue weighted by molar-refractivity contribution is 7.99. The van der Waals surface area contributed by atoms with Crippen molar-refractivity contribution in [1.29, 1.82) is 0 Å². The van der Waals surface area contributed by atoms with Crippen LogP contribution >= 0.6 is 11.8 Å². The lowest BCUT2D eigenvalue weighted by molar-refractivity contribution is -0.118. The minimum Gasteiger partial charge on any atom is -0.372 e. The first kappa shape index (κ1) is 23.6. The van der Waals surface area contributed by atoms with Gasteiger partial charge in [-0.25, -0.2) is 10.4 Å². The molecule has 0 aliphatic carbocycles. The second-order valence-corrected chi connectivity index (χ2v) is 8.74. The van der Waals surface area contributed by atoms with E-state index < -0.39 is 0 Å². The number of para-hydroxylation sites is 2. The highest BCUT2D eigenvalue weighted by atomic mass is 32.2. The molecule has 0 radical (unpaired) electrons. The SMILES string of the molecule is CCN(CC)c1ccc(/C=N/NC(=O)CSc2nc3ccccc3n2Cc2ccccc2)cc1. The first-order valence-corrected chi connectivity index (χ1v) is 12.5. The minimum absolute atomic E-state index is 0.167. The number of carbonyl (C=O) groups is 1. The van der Waals surface area contributed by atoms with Crippen LogP contribution in [0.2, 0.25) is 0 Å². The summed E-state index contributed by atoms with van der Waals surface area (Å²) in [6.07, 6.45) is 1.67. The summed E-state index contributed by atoms with van der Waals surface area (Å²) in [4.78, 5) is 19.5. The lowest BCUT2D eigenvalue weighted by Crippen LogP contribution is -2.21. The van der Waals surface area contributed by atoms with Crippen molar-refractivity contribution in [3.63, 3.8) is 0 Å². The molecule has 0 fully saturated rings. The molecule has 0 spiro atoms. The fourth-order valence-corrected chi connectivity index (χ4v) is 4.59. The number of imidazole rings is 1. The van der Waals surface area contributed by atoms with Gasteiger partial charge >= 0.3 is 0 Å². The van der Waals surface area contributed by atoms with E-state index in [-0.39, 0.29) is 11.7 Å². The van der Waals surface area contributed by atoms with E-state index in [1.807, 2.05) is 48.5 Å². The zero-order chi connectivity index (χ0) is 23.8. The third kappa shape index (κ3) is 5.85. The second-order valence-electron chi connectivity index (χ2n) is 7.80. The Balaban J connectivity index is 1.37. The van der Waals surface area contributed by atoms with Crippen LogP contribution in [0.5, 0.6) is 0 Å². The van der Waals surface area contributed by atoms with Crippen LogP contribution in [0.15, 0.2) is 89.1 Å². The number of hydrogen-bond donors (Lipinski definition) is 1. The van der Waals surface area contributed by atoms with Gasteiger partial charge in [-0.3, -0.25) is 4.79 Å². The molecule has 0 saturated heterocycles. The lowest BCUT2D eigenvalue weighted by atomic mass is 10.2. The van der Waals surface area contributed by atoms with Gasteiger partial charge in [0.1, 0.15) is 0 Å². The molecule has 34 heavy (non-hydrogen) atoms. The Morgan fingerprint density at radius 2 is 1.71 bits per heavy atom. The van der Waals surface area contributed by atoms with Crippen molar-refractivity contribution >= 4 is 40.6 Å². The summed E-state index contributed by atoms with van der Waals surface area (Å²) in [6.45, 7) is 6.92. The largest absolute Gasteiger partial charge is 0.372 e. The molecule has 0 unspecified atom stereocenters. The summed E-state index contributed by atoms with van der Waals surface area (Å²) in [7, 11) is 0. The predicted octanol–water partition coefficient (Wildman–Crippen LogP) is 5.17. The Morgan fingerprint density at radius 3 is 2.44 bits per heavy atom. The number of aromatic nitrogens is 2. The minimum atomic E-state index is -0.167. The monoisotopic (exact) mass is 471 g/mol. The van der Waals surface area contributed by atoms with E-state index in [0.717, 1.165) is 34.8 Å². The number of thioether (sulfide) groups is 1. The number of nitrogens with one attached hydrogen (secondary N) is 1. The van der Waals surface area contributed by atoms with E-state index in [0.29, 0.717) is 6.54 Å². The Hall–Kier alpha value is -3.58. The maximum Gasteiger partial charge on any atom is 0.250 e. The molecule has 0 aliphatic rings. The molecular formula is C27H29N5OS. The first-order valence-electron chi connectivity index (χ1n) is 11.5. The summed E-state index contributed by atoms with van der Waals surface area (Å²) in [5, 5.41) is 4.94. The van der Waals surface area contributed by atoms with Gasteiger partial charge in [-0.05, 0) is 49.2 Å². The fourth-order valence-electron chi connectivity index (χ4n) is 3.78. The van der Waals surface area contributed by atoms with Gasteiger partial charge in [0.25, 0.3) is 5.91 Å². The van der Waals surface area contributed by atoms with E-state index in [9.17, 15) is 4.79 Å². The number of amides is 1. The normalized spacial score (nSPS) is 11.2. The summed E-state index contributed by atoms with van der Waals surface area (Å²) >= 11 is 1.42. The first-order chi connectivity index (χ1) is 16.7. The molecule has 1 N–H and O–H groups in total. The van der Waals surface area contributed by atoms with Gasteiger partial charge in [-0.1, -0.05) is 66.4 Å². The second kappa shape index (κ2) is 11.5. The molecule has 0 bridgehead atoms. The van der Waals surface area contributed by atoms with Gasteiger partial charge in [0.05, 0.1) is 29.5 Å². The number of hydrazone groups is 1. The molecule has 0 aliphatic heterocycles. The van der Waals surface area contributed by atoms with Gasteiger partial charge in [0, 0.05) is 18.8 Å². The van der Waals surface area contributed by atoms with Crippen LogP contribution in [0.4, 0.5) is 5.69 Å². The van der Waals surface area contributed by atoms with E-state index >= 15 is 0 Å². The average Bonchev–Trinajstić information content (AvgIpc) is 3.22. The Kier molecular flexibility index (Phi) is 7.99. The third-order valence-corrected chi connectivity index (χ3v) is 6.54. The van der Waals surface area contributed by atoms with Crippen molar-refractivity contribution in [2.75, 3.05) is 23.7 Å². The fraction of sp³-hybridized carbons (Fsp3) is 0.222. The van der Waals surface area contributed by atoms with E-state index in [2.05, 4.69) is 64.2 Å². The molecule has 1 aromatic heterocycles. The summed E-state index contributed by atoms with van der Waals surface area (Å²) in [5.74, 6) is 0.0652. The number of fused-ring (bicyclic) bond motifs is 1. The maximum atomic E-state index is 12.4. The molecule has 174 valence electrons. The quantitative estimate of drug-likeness (QED) is 0.197. The number of carbonyl (C=O) groups excluding carboxylic acids is 1. The molecule has 1 heterocycles. The van der Waals surface area contributed by atoms with Crippen LogP contribution < -0.4 is 10.3 Å². The van der Waals surface area contributed by atoms with Crippen molar-refractivity contribution < 1.29 is 4.79 Å². The molecule has 3 aromatic carbocycles. The van der Waals surface area contributed by atoms with Gasteiger partial charge < -0.3 is 9.47 Å². The molecule has 4 rings (SSSR count). The third-order valence-electron chi connectivity index (χ3n) is 5.56. The van der Waals surface area contributed by atoms with Crippen molar-refractivity contribution in [1.82, 2.24) is 15.0 Å². The van der Waals surface area contributed by atoms with E-state index in [1.54, 1.807) is 6.21 Å². The number of benzene rings is 3. The zero-order valence-corrected chi connectivity index (χ0v) is 20.3. The van der Waals surface area contributed by atoms with Crippen molar-refractivity contribution in [3.8, 4) is 0 Å². The number of hydrogen-bond acceptors (Lipinski definition) is 5. The van der Waals surface area contributed by atoms with Crippen molar-refractivity contribution in [3.05, 3.63) is 90.0 Å². The average molecular weight is 472 g/mol. The van der Waals surface area contributed by atoms with Crippen LogP contribution in [0.25, 0.3) is 11.0 Å². The van der Waals surface area contributed by atoms with Gasteiger partial charge in [-0.2, -0.15) is 5.10 Å². The molecule has 7 heteroatoms. The van der Waals surface area contributed by atoms with Crippen LogP contribution in [-0.4, -0.2) is 40.5 Å². The van der Waals surface area contributed by atoms with Crippen molar-refractivity contribution in [2.24, 2.45) is 5.10 Å². The topological polar surface area (TPSA) is 62.5 Å². The number of anilines is 1. The number of nitrogens with zero attached hydrogens (tertiary/aromatic N) is 4. The maximum absolute atomic E-state index is 12.4. The molecule has 0 atom stereocenters. The van der Waals surface area contributed by atoms with Crippen molar-refractivity contribution in [2.45, 2.75) is 25.5 Å². The van der Waals surface area contributed by atoms with Crippen LogP contribution in [0.1, 0.15) is 25.0 Å². The Bertz CT molecular complexity index is 1250. The molecule has 0 saturated carbocycles. The van der Waals surface area contributed by atoms with Gasteiger partial charge in [-0.15, -0.1) is 0 Å². The summed E-state index contributed by atoms with van der Waals surface area (Å²) < 4.78 is 2.16. The smallest absolute Gasteiger partial charge is 0.250 e.